The van der Waals surface area contributed by atoms with Crippen LogP contribution in [0.2, 0.25) is 0 Å². The van der Waals surface area contributed by atoms with Crippen LogP contribution in [-0.4, -0.2) is 31.7 Å². The summed E-state index contributed by atoms with van der Waals surface area (Å²) in [5.41, 5.74) is 29.2. The Morgan fingerprint density at radius 3 is 0.969 bits per heavy atom. The van der Waals surface area contributed by atoms with Gasteiger partial charge in [0.1, 0.15) is 0 Å². The first-order chi connectivity index (χ1) is 31.4. The van der Waals surface area contributed by atoms with Gasteiger partial charge in [-0.3, -0.25) is 0 Å². The molecule has 0 amide bonds. The highest BCUT2D eigenvalue weighted by atomic mass is 15.1. The van der Waals surface area contributed by atoms with Crippen LogP contribution in [0.25, 0.3) is 110 Å². The minimum atomic E-state index is 0.0491. The summed E-state index contributed by atoms with van der Waals surface area (Å²) >= 11 is 0. The minimum Gasteiger partial charge on any atom is -0.310 e. The molecule has 0 spiro atoms. The Kier molecular flexibility index (Phi) is 5.43. The second-order valence-corrected chi connectivity index (χ2v) is 19.5. The average molecular weight is 811 g/mol. The van der Waals surface area contributed by atoms with Crippen LogP contribution >= 0.6 is 0 Å². The first-order valence-corrected chi connectivity index (χ1v) is 22.8. The summed E-state index contributed by atoms with van der Waals surface area (Å²) in [4.78, 5) is 0. The van der Waals surface area contributed by atoms with Crippen LogP contribution < -0.4 is 32.8 Å². The van der Waals surface area contributed by atoms with E-state index in [9.17, 15) is 0 Å². The van der Waals surface area contributed by atoms with Crippen molar-refractivity contribution in [3.8, 4) is 22.7 Å². The lowest BCUT2D eigenvalue weighted by Crippen LogP contribution is -2.63. The molecule has 8 heterocycles. The molecule has 17 rings (SSSR count). The summed E-state index contributed by atoms with van der Waals surface area (Å²) in [7, 11) is 0. The van der Waals surface area contributed by atoms with Gasteiger partial charge in [0.25, 0.3) is 13.4 Å². The number of nitrogens with zero attached hydrogens (tertiary/aromatic N) is 4. The zero-order chi connectivity index (χ0) is 41.8. The molecule has 0 aliphatic carbocycles. The molecule has 0 saturated heterocycles. The number of aryl methyl sites for hydroxylation is 4. The van der Waals surface area contributed by atoms with Gasteiger partial charge in [-0.05, 0) is 139 Å². The van der Waals surface area contributed by atoms with E-state index in [2.05, 4.69) is 192 Å². The normalized spacial score (nSPS) is 13.9. The lowest BCUT2D eigenvalue weighted by molar-refractivity contribution is 1.14. The Hall–Kier alpha value is -7.69. The van der Waals surface area contributed by atoms with Crippen LogP contribution in [0.15, 0.2) is 146 Å². The Bertz CT molecular complexity index is 4210. The van der Waals surface area contributed by atoms with E-state index >= 15 is 0 Å². The zero-order valence-electron chi connectivity index (χ0n) is 35.8. The fraction of sp³-hybridized carbons (Fsp3) is 0.0690. The largest absolute Gasteiger partial charge is 0.310 e. The van der Waals surface area contributed by atoms with Gasteiger partial charge in [0.05, 0.1) is 44.1 Å². The van der Waals surface area contributed by atoms with Gasteiger partial charge in [-0.1, -0.05) is 89.0 Å². The van der Waals surface area contributed by atoms with Crippen LogP contribution in [0, 0.1) is 27.7 Å². The van der Waals surface area contributed by atoms with Crippen molar-refractivity contribution in [2.75, 3.05) is 0 Å². The molecule has 0 N–H and O–H groups in total. The number of hydrogen-bond acceptors (Lipinski definition) is 0. The standard InChI is InChI=1S/C58H36B2N4/c1-29-13-17-45-33(21-29)37-25-39-35-23-31(3)15-19-47(35)63-51-28-52-44(27-43(51)59-41-9-5-7-11-49(41)61(45)55(37)53(59)57(39)63)60-42-10-6-8-12-50(42)62-46-18-14-30(2)22-34(46)38-26-40-36-24-32(4)16-20-48(36)64(52)58(40)54(60)56(38)62/h5-28H,1-4H3. The van der Waals surface area contributed by atoms with Crippen LogP contribution in [-0.2, 0) is 0 Å². The quantitative estimate of drug-likeness (QED) is 0.136. The topological polar surface area (TPSA) is 19.7 Å². The zero-order valence-corrected chi connectivity index (χ0v) is 35.8. The summed E-state index contributed by atoms with van der Waals surface area (Å²) in [5, 5.41) is 10.7. The van der Waals surface area contributed by atoms with Crippen molar-refractivity contribution < 1.29 is 0 Å². The molecule has 294 valence electrons. The Labute approximate surface area is 368 Å². The molecule has 0 fully saturated rings. The highest BCUT2D eigenvalue weighted by Crippen LogP contribution is 2.45. The Balaban J connectivity index is 1.11. The predicted octanol–water partition coefficient (Wildman–Crippen LogP) is 9.59. The number of hydrogen-bond donors (Lipinski definition) is 0. The van der Waals surface area contributed by atoms with Crippen molar-refractivity contribution in [1.82, 2.24) is 18.3 Å². The molecular weight excluding hydrogens is 774 g/mol. The molecule has 0 radical (unpaired) electrons. The third-order valence-corrected chi connectivity index (χ3v) is 16.1. The molecule has 0 saturated carbocycles. The molecule has 9 aromatic carbocycles. The van der Waals surface area contributed by atoms with Gasteiger partial charge in [-0.15, -0.1) is 0 Å². The lowest BCUT2D eigenvalue weighted by atomic mass is 9.31. The lowest BCUT2D eigenvalue weighted by Gasteiger charge is -2.37. The highest BCUT2D eigenvalue weighted by molar-refractivity contribution is 7.03. The third kappa shape index (κ3) is 3.49. The van der Waals surface area contributed by atoms with Crippen molar-refractivity contribution in [1.29, 1.82) is 0 Å². The van der Waals surface area contributed by atoms with Crippen LogP contribution in [0.1, 0.15) is 22.3 Å². The summed E-state index contributed by atoms with van der Waals surface area (Å²) < 4.78 is 10.5. The third-order valence-electron chi connectivity index (χ3n) is 16.1. The smallest absolute Gasteiger partial charge is 0.252 e. The van der Waals surface area contributed by atoms with E-state index in [1.165, 1.54) is 165 Å². The van der Waals surface area contributed by atoms with Crippen molar-refractivity contribution >= 4 is 133 Å². The Morgan fingerprint density at radius 1 is 0.281 bits per heavy atom. The molecule has 0 atom stereocenters. The SMILES string of the molecule is Cc1ccc2c(c1)c1cc3c4cc(C)ccc4n4c3c3c1n2-c1ccccc1B3c1cc2c(cc1-4)-n1c3ccc(C)cc3c3cc4c5cc(C)ccc5n5c4c(c31)B2c1ccccc1-5. The maximum Gasteiger partial charge on any atom is 0.252 e. The molecule has 0 bridgehead atoms. The number of fused-ring (bicyclic) bond motifs is 24. The van der Waals surface area contributed by atoms with E-state index in [0.29, 0.717) is 0 Å². The van der Waals surface area contributed by atoms with Gasteiger partial charge in [0.15, 0.2) is 0 Å². The van der Waals surface area contributed by atoms with Gasteiger partial charge in [0.2, 0.25) is 0 Å². The second kappa shape index (κ2) is 10.6. The van der Waals surface area contributed by atoms with E-state index in [4.69, 9.17) is 0 Å². The van der Waals surface area contributed by atoms with Gasteiger partial charge in [-0.2, -0.15) is 0 Å². The van der Waals surface area contributed by atoms with Crippen molar-refractivity contribution in [3.05, 3.63) is 168 Å². The van der Waals surface area contributed by atoms with Gasteiger partial charge in [0, 0.05) is 65.8 Å². The fourth-order valence-corrected chi connectivity index (χ4v) is 13.7. The monoisotopic (exact) mass is 810 g/mol. The predicted molar refractivity (Wildman–Crippen MR) is 272 cm³/mol. The average Bonchev–Trinajstić information content (AvgIpc) is 4.02. The van der Waals surface area contributed by atoms with Crippen molar-refractivity contribution in [3.63, 3.8) is 0 Å². The van der Waals surface area contributed by atoms with E-state index in [1.807, 2.05) is 0 Å². The molecule has 4 aliphatic heterocycles. The van der Waals surface area contributed by atoms with Crippen LogP contribution in [0.3, 0.4) is 0 Å². The number of aromatic nitrogens is 4. The van der Waals surface area contributed by atoms with E-state index in [1.54, 1.807) is 0 Å². The maximum absolute atomic E-state index is 2.68. The van der Waals surface area contributed by atoms with Gasteiger partial charge >= 0.3 is 0 Å². The Morgan fingerprint density at radius 2 is 0.609 bits per heavy atom. The van der Waals surface area contributed by atoms with E-state index in [-0.39, 0.29) is 13.4 Å². The van der Waals surface area contributed by atoms with Gasteiger partial charge < -0.3 is 18.3 Å². The molecule has 4 aromatic heterocycles. The minimum absolute atomic E-state index is 0.0491. The molecule has 6 heteroatoms. The number of benzene rings is 9. The summed E-state index contributed by atoms with van der Waals surface area (Å²) in [6, 6.07) is 57.2. The molecule has 13 aromatic rings. The second-order valence-electron chi connectivity index (χ2n) is 19.5. The van der Waals surface area contributed by atoms with Crippen molar-refractivity contribution in [2.45, 2.75) is 27.7 Å². The molecule has 64 heavy (non-hydrogen) atoms. The summed E-state index contributed by atoms with van der Waals surface area (Å²) in [5.74, 6) is 0. The molecule has 4 nitrogen and oxygen atoms in total. The number of rotatable bonds is 0. The van der Waals surface area contributed by atoms with E-state index in [0.717, 1.165) is 0 Å². The van der Waals surface area contributed by atoms with Gasteiger partial charge in [-0.25, -0.2) is 0 Å². The summed E-state index contributed by atoms with van der Waals surface area (Å²) in [6.07, 6.45) is 0. The van der Waals surface area contributed by atoms with Crippen LogP contribution in [0.4, 0.5) is 0 Å². The molecule has 0 unspecified atom stereocenters. The molecular formula is C58H36B2N4. The maximum atomic E-state index is 2.68. The number of para-hydroxylation sites is 2. The summed E-state index contributed by atoms with van der Waals surface area (Å²) in [6.45, 7) is 9.04. The van der Waals surface area contributed by atoms with Crippen molar-refractivity contribution in [2.24, 2.45) is 0 Å². The molecule has 4 aliphatic rings. The first kappa shape index (κ1) is 32.9. The highest BCUT2D eigenvalue weighted by Gasteiger charge is 2.46. The van der Waals surface area contributed by atoms with E-state index < -0.39 is 0 Å². The fourth-order valence-electron chi connectivity index (χ4n) is 13.7. The first-order valence-electron chi connectivity index (χ1n) is 22.8. The van der Waals surface area contributed by atoms with Crippen LogP contribution in [0.5, 0.6) is 0 Å².